The highest BCUT2D eigenvalue weighted by atomic mass is 35.5. The average molecular weight is 346 g/mol. The molecule has 0 saturated carbocycles. The van der Waals surface area contributed by atoms with E-state index >= 15 is 0 Å². The number of anilines is 1. The first-order valence-electron chi connectivity index (χ1n) is 5.51. The smallest absolute Gasteiger partial charge is 0.279 e. The van der Waals surface area contributed by atoms with Gasteiger partial charge in [-0.3, -0.25) is 0 Å². The van der Waals surface area contributed by atoms with Gasteiger partial charge < -0.3 is 10.5 Å². The van der Waals surface area contributed by atoms with Gasteiger partial charge in [-0.1, -0.05) is 46.1 Å². The van der Waals surface area contributed by atoms with Gasteiger partial charge in [0.1, 0.15) is 0 Å². The molecule has 1 heterocycles. The van der Waals surface area contributed by atoms with Gasteiger partial charge in [0.25, 0.3) is 5.19 Å². The van der Waals surface area contributed by atoms with Gasteiger partial charge in [0.15, 0.2) is 5.75 Å². The summed E-state index contributed by atoms with van der Waals surface area (Å²) in [5.74, 6) is 0.410. The average Bonchev–Trinajstić information content (AvgIpc) is 2.77. The van der Waals surface area contributed by atoms with Crippen molar-refractivity contribution in [1.29, 1.82) is 0 Å². The zero-order valence-electron chi connectivity index (χ0n) is 9.86. The van der Waals surface area contributed by atoms with E-state index in [4.69, 9.17) is 45.3 Å². The molecule has 7 heteroatoms. The molecule has 0 aliphatic rings. The lowest BCUT2D eigenvalue weighted by Gasteiger charge is -2.05. The summed E-state index contributed by atoms with van der Waals surface area (Å²) in [5.41, 5.74) is 7.23. The second-order valence-electron chi connectivity index (χ2n) is 4.01. The molecule has 20 heavy (non-hydrogen) atoms. The van der Waals surface area contributed by atoms with Crippen LogP contribution < -0.4 is 10.5 Å². The van der Waals surface area contributed by atoms with Gasteiger partial charge in [0, 0.05) is 11.8 Å². The SMILES string of the molecule is Nc1ccc2nc(Oc3cc(Cl)c(Cl)cc3Cl)sc2c1. The summed E-state index contributed by atoms with van der Waals surface area (Å²) in [6, 6.07) is 8.57. The van der Waals surface area contributed by atoms with Gasteiger partial charge in [0.2, 0.25) is 0 Å². The number of aromatic nitrogens is 1. The fourth-order valence-corrected chi connectivity index (χ4v) is 3.09. The Labute approximate surface area is 133 Å². The Bertz CT molecular complexity index is 804. The molecule has 0 aliphatic heterocycles. The first-order valence-corrected chi connectivity index (χ1v) is 7.46. The number of nitrogens with zero attached hydrogens (tertiary/aromatic N) is 1. The number of hydrogen-bond donors (Lipinski definition) is 1. The highest BCUT2D eigenvalue weighted by Gasteiger charge is 2.11. The molecule has 0 atom stereocenters. The second kappa shape index (κ2) is 5.30. The summed E-state index contributed by atoms with van der Waals surface area (Å²) < 4.78 is 6.60. The van der Waals surface area contributed by atoms with Crippen molar-refractivity contribution in [2.75, 3.05) is 5.73 Å². The van der Waals surface area contributed by atoms with Crippen molar-refractivity contribution in [1.82, 2.24) is 4.98 Å². The van der Waals surface area contributed by atoms with E-state index in [0.29, 0.717) is 31.7 Å². The van der Waals surface area contributed by atoms with E-state index < -0.39 is 0 Å². The molecule has 0 radical (unpaired) electrons. The number of ether oxygens (including phenoxy) is 1. The van der Waals surface area contributed by atoms with Crippen molar-refractivity contribution in [3.8, 4) is 10.9 Å². The van der Waals surface area contributed by atoms with Crippen molar-refractivity contribution < 1.29 is 4.74 Å². The normalized spacial score (nSPS) is 10.9. The van der Waals surface area contributed by atoms with Crippen LogP contribution in [0.2, 0.25) is 15.1 Å². The molecule has 3 nitrogen and oxygen atoms in total. The van der Waals surface area contributed by atoms with Gasteiger partial charge in [-0.05, 0) is 24.3 Å². The van der Waals surface area contributed by atoms with E-state index in [1.165, 1.54) is 17.4 Å². The number of fused-ring (bicyclic) bond motifs is 1. The van der Waals surface area contributed by atoms with Crippen molar-refractivity contribution in [3.63, 3.8) is 0 Å². The summed E-state index contributed by atoms with van der Waals surface area (Å²) >= 11 is 19.3. The third kappa shape index (κ3) is 2.65. The van der Waals surface area contributed by atoms with E-state index in [2.05, 4.69) is 4.98 Å². The predicted octanol–water partition coefficient (Wildman–Crippen LogP) is 5.63. The summed E-state index contributed by atoms with van der Waals surface area (Å²) in [6.07, 6.45) is 0. The maximum atomic E-state index is 6.06. The van der Waals surface area contributed by atoms with Crippen LogP contribution in [0, 0.1) is 0 Å². The second-order valence-corrected chi connectivity index (χ2v) is 6.22. The molecule has 102 valence electrons. The molecule has 0 spiro atoms. The lowest BCUT2D eigenvalue weighted by atomic mass is 10.3. The van der Waals surface area contributed by atoms with Crippen LogP contribution in [0.3, 0.4) is 0 Å². The zero-order valence-corrected chi connectivity index (χ0v) is 12.9. The van der Waals surface area contributed by atoms with Gasteiger partial charge in [-0.15, -0.1) is 0 Å². The molecular formula is C13H7Cl3N2OS. The number of hydrogen-bond acceptors (Lipinski definition) is 4. The van der Waals surface area contributed by atoms with Crippen molar-refractivity contribution in [2.24, 2.45) is 0 Å². The highest BCUT2D eigenvalue weighted by Crippen LogP contribution is 2.38. The lowest BCUT2D eigenvalue weighted by Crippen LogP contribution is -1.85. The number of halogens is 3. The van der Waals surface area contributed by atoms with Crippen LogP contribution in [0.25, 0.3) is 10.2 Å². The fraction of sp³-hybridized carbons (Fsp3) is 0. The maximum absolute atomic E-state index is 6.06. The zero-order chi connectivity index (χ0) is 14.3. The number of rotatable bonds is 2. The molecule has 3 aromatic rings. The third-order valence-electron chi connectivity index (χ3n) is 2.56. The van der Waals surface area contributed by atoms with Gasteiger partial charge >= 0.3 is 0 Å². The Morgan fingerprint density at radius 1 is 1.00 bits per heavy atom. The largest absolute Gasteiger partial charge is 0.429 e. The molecule has 3 rings (SSSR count). The highest BCUT2D eigenvalue weighted by molar-refractivity contribution is 7.20. The number of thiazole rings is 1. The molecule has 0 amide bonds. The van der Waals surface area contributed by atoms with Crippen LogP contribution in [0.5, 0.6) is 10.9 Å². The molecule has 1 aromatic heterocycles. The molecule has 0 fully saturated rings. The maximum Gasteiger partial charge on any atom is 0.279 e. The van der Waals surface area contributed by atoms with Crippen molar-refractivity contribution in [2.45, 2.75) is 0 Å². The standard InChI is InChI=1S/C13H7Cl3N2OS/c14-7-4-9(16)11(5-8(7)15)19-13-18-10-2-1-6(17)3-12(10)20-13/h1-5H,17H2. The van der Waals surface area contributed by atoms with Gasteiger partial charge in [-0.25, -0.2) is 4.98 Å². The predicted molar refractivity (Wildman–Crippen MR) is 85.6 cm³/mol. The molecule has 2 aromatic carbocycles. The minimum Gasteiger partial charge on any atom is -0.429 e. The van der Waals surface area contributed by atoms with E-state index in [9.17, 15) is 0 Å². The molecule has 0 bridgehead atoms. The van der Waals surface area contributed by atoms with Crippen molar-refractivity contribution in [3.05, 3.63) is 45.4 Å². The fourth-order valence-electron chi connectivity index (χ4n) is 1.64. The van der Waals surface area contributed by atoms with E-state index in [-0.39, 0.29) is 0 Å². The first kappa shape index (κ1) is 13.8. The van der Waals surface area contributed by atoms with Gasteiger partial charge in [-0.2, -0.15) is 0 Å². The van der Waals surface area contributed by atoms with Crippen LogP contribution in [0.4, 0.5) is 5.69 Å². The summed E-state index contributed by atoms with van der Waals surface area (Å²) in [5, 5.41) is 1.58. The number of nitrogen functional groups attached to an aromatic ring is 1. The summed E-state index contributed by atoms with van der Waals surface area (Å²) in [6.45, 7) is 0. The van der Waals surface area contributed by atoms with Crippen molar-refractivity contribution >= 4 is 62.0 Å². The number of benzene rings is 2. The Kier molecular flexibility index (Phi) is 3.65. The lowest BCUT2D eigenvalue weighted by molar-refractivity contribution is 0.480. The van der Waals surface area contributed by atoms with E-state index in [1.54, 1.807) is 12.1 Å². The van der Waals surface area contributed by atoms with Crippen LogP contribution in [0.1, 0.15) is 0 Å². The summed E-state index contributed by atoms with van der Waals surface area (Å²) in [7, 11) is 0. The van der Waals surface area contributed by atoms with Crippen LogP contribution in [0.15, 0.2) is 30.3 Å². The van der Waals surface area contributed by atoms with Crippen LogP contribution in [-0.4, -0.2) is 4.98 Å². The molecule has 0 unspecified atom stereocenters. The number of nitrogens with two attached hydrogens (primary N) is 1. The Hall–Kier alpha value is -1.20. The minimum atomic E-state index is 0.372. The minimum absolute atomic E-state index is 0.372. The van der Waals surface area contributed by atoms with E-state index in [1.807, 2.05) is 12.1 Å². The van der Waals surface area contributed by atoms with E-state index in [0.717, 1.165) is 10.2 Å². The first-order chi connectivity index (χ1) is 9.52. The molecular weight excluding hydrogens is 339 g/mol. The Morgan fingerprint density at radius 3 is 2.55 bits per heavy atom. The van der Waals surface area contributed by atoms with Crippen LogP contribution in [-0.2, 0) is 0 Å². The quantitative estimate of drug-likeness (QED) is 0.483. The molecule has 0 aliphatic carbocycles. The summed E-state index contributed by atoms with van der Waals surface area (Å²) in [4.78, 5) is 4.35. The monoisotopic (exact) mass is 344 g/mol. The topological polar surface area (TPSA) is 48.1 Å². The molecule has 2 N–H and O–H groups in total. The van der Waals surface area contributed by atoms with Gasteiger partial charge in [0.05, 0.1) is 25.3 Å². The Morgan fingerprint density at radius 2 is 1.75 bits per heavy atom. The molecule has 0 saturated heterocycles. The Balaban J connectivity index is 1.99. The van der Waals surface area contributed by atoms with Crippen LogP contribution >= 0.6 is 46.1 Å². The third-order valence-corrected chi connectivity index (χ3v) is 4.48.